The molecule has 1 N–H and O–H groups in total. The molecule has 1 saturated heterocycles. The number of carboxylic acids is 1. The number of carboxylic acid groups (broad SMARTS) is 1. The van der Waals surface area contributed by atoms with E-state index in [2.05, 4.69) is 0 Å². The van der Waals surface area contributed by atoms with Gasteiger partial charge in [0.1, 0.15) is 6.04 Å². The Bertz CT molecular complexity index is 334. The molecule has 0 aromatic rings. The lowest BCUT2D eigenvalue weighted by Crippen LogP contribution is -2.47. The number of carbonyl (C=O) groups excluding carboxylic acids is 1. The van der Waals surface area contributed by atoms with Crippen LogP contribution in [0.15, 0.2) is 0 Å². The van der Waals surface area contributed by atoms with Crippen LogP contribution in [0, 0.1) is 0 Å². The number of hydrogen-bond donors (Lipinski definition) is 1. The number of nitrogens with zero attached hydrogens (tertiary/aromatic N) is 2. The molecule has 1 saturated carbocycles. The van der Waals surface area contributed by atoms with Crippen molar-refractivity contribution in [3.8, 4) is 0 Å². The number of amides is 1. The Morgan fingerprint density at radius 3 is 2.26 bits per heavy atom. The van der Waals surface area contributed by atoms with Gasteiger partial charge < -0.3 is 10.0 Å². The summed E-state index contributed by atoms with van der Waals surface area (Å²) in [5.74, 6) is -0.738. The highest BCUT2D eigenvalue weighted by atomic mass is 16.4. The predicted molar refractivity (Wildman–Crippen MR) is 71.9 cm³/mol. The number of rotatable bonds is 5. The summed E-state index contributed by atoms with van der Waals surface area (Å²) in [5.41, 5.74) is 0. The van der Waals surface area contributed by atoms with Crippen molar-refractivity contribution in [3.05, 3.63) is 0 Å². The summed E-state index contributed by atoms with van der Waals surface area (Å²) in [7, 11) is 0. The maximum atomic E-state index is 12.3. The molecule has 1 atom stereocenters. The summed E-state index contributed by atoms with van der Waals surface area (Å²) in [4.78, 5) is 27.2. The highest BCUT2D eigenvalue weighted by molar-refractivity contribution is 5.80. The van der Waals surface area contributed by atoms with Gasteiger partial charge in [-0.2, -0.15) is 0 Å². The Kier molecular flexibility index (Phi) is 4.80. The van der Waals surface area contributed by atoms with Crippen molar-refractivity contribution < 1.29 is 14.7 Å². The molecule has 1 heterocycles. The van der Waals surface area contributed by atoms with E-state index >= 15 is 0 Å². The Balaban J connectivity index is 1.92. The monoisotopic (exact) mass is 268 g/mol. The fraction of sp³-hybridized carbons (Fsp3) is 0.857. The minimum absolute atomic E-state index is 0.0990. The molecule has 108 valence electrons. The smallest absolute Gasteiger partial charge is 0.320 e. The molecule has 0 bridgehead atoms. The molecular weight excluding hydrogens is 244 g/mol. The van der Waals surface area contributed by atoms with E-state index in [9.17, 15) is 9.59 Å². The Labute approximate surface area is 114 Å². The van der Waals surface area contributed by atoms with E-state index in [4.69, 9.17) is 5.11 Å². The first kappa shape index (κ1) is 14.3. The standard InChI is InChI=1S/C14H24N2O3/c1-11(14(18)19)16(12-6-7-12)10-13(17)15-8-4-2-3-5-9-15/h11-12H,2-10H2,1H3,(H,18,19). The molecule has 1 amide bonds. The van der Waals surface area contributed by atoms with E-state index in [0.29, 0.717) is 6.04 Å². The number of carbonyl (C=O) groups is 2. The molecule has 1 aliphatic carbocycles. The molecule has 2 aliphatic rings. The van der Waals surface area contributed by atoms with Gasteiger partial charge in [-0.15, -0.1) is 0 Å². The Morgan fingerprint density at radius 1 is 1.21 bits per heavy atom. The van der Waals surface area contributed by atoms with Gasteiger partial charge in [0.15, 0.2) is 0 Å². The van der Waals surface area contributed by atoms with Crippen molar-refractivity contribution in [1.82, 2.24) is 9.80 Å². The third kappa shape index (κ3) is 3.93. The van der Waals surface area contributed by atoms with Gasteiger partial charge in [-0.3, -0.25) is 14.5 Å². The van der Waals surface area contributed by atoms with Crippen molar-refractivity contribution in [2.45, 2.75) is 57.5 Å². The van der Waals surface area contributed by atoms with Crippen molar-refractivity contribution in [1.29, 1.82) is 0 Å². The van der Waals surface area contributed by atoms with Crippen molar-refractivity contribution in [2.75, 3.05) is 19.6 Å². The van der Waals surface area contributed by atoms with Crippen molar-refractivity contribution in [2.24, 2.45) is 0 Å². The summed E-state index contributed by atoms with van der Waals surface area (Å²) in [6.07, 6.45) is 6.58. The summed E-state index contributed by atoms with van der Waals surface area (Å²) in [5, 5.41) is 9.13. The molecule has 0 aromatic carbocycles. The molecule has 0 radical (unpaired) electrons. The minimum Gasteiger partial charge on any atom is -0.480 e. The van der Waals surface area contributed by atoms with E-state index < -0.39 is 12.0 Å². The number of aliphatic carboxylic acids is 1. The lowest BCUT2D eigenvalue weighted by molar-refractivity contribution is -0.144. The van der Waals surface area contributed by atoms with E-state index in [1.807, 2.05) is 9.80 Å². The van der Waals surface area contributed by atoms with Crippen LogP contribution in [0.2, 0.25) is 0 Å². The van der Waals surface area contributed by atoms with Crippen LogP contribution in [-0.2, 0) is 9.59 Å². The molecule has 2 fully saturated rings. The Hall–Kier alpha value is -1.10. The SMILES string of the molecule is CC(C(=O)O)N(CC(=O)N1CCCCCC1)C1CC1. The predicted octanol–water partition coefficient (Wildman–Crippen LogP) is 1.33. The molecule has 1 unspecified atom stereocenters. The van der Waals surface area contributed by atoms with Gasteiger partial charge in [0.2, 0.25) is 5.91 Å². The third-order valence-electron chi connectivity index (χ3n) is 4.15. The van der Waals surface area contributed by atoms with E-state index in [-0.39, 0.29) is 12.5 Å². The van der Waals surface area contributed by atoms with Gasteiger partial charge in [0, 0.05) is 19.1 Å². The molecular formula is C14H24N2O3. The normalized spacial score (nSPS) is 22.1. The lowest BCUT2D eigenvalue weighted by Gasteiger charge is -2.29. The summed E-state index contributed by atoms with van der Waals surface area (Å²) < 4.78 is 0. The topological polar surface area (TPSA) is 60.9 Å². The third-order valence-corrected chi connectivity index (χ3v) is 4.15. The first-order valence-electron chi connectivity index (χ1n) is 7.36. The van der Waals surface area contributed by atoms with Gasteiger partial charge >= 0.3 is 5.97 Å². The zero-order chi connectivity index (χ0) is 13.8. The van der Waals surface area contributed by atoms with Crippen LogP contribution in [0.1, 0.15) is 45.4 Å². The van der Waals surface area contributed by atoms with Crippen LogP contribution >= 0.6 is 0 Å². The van der Waals surface area contributed by atoms with Crippen molar-refractivity contribution >= 4 is 11.9 Å². The van der Waals surface area contributed by atoms with Crippen molar-refractivity contribution in [3.63, 3.8) is 0 Å². The second-order valence-electron chi connectivity index (χ2n) is 5.71. The summed E-state index contributed by atoms with van der Waals surface area (Å²) in [6, 6.07) is -0.273. The zero-order valence-electron chi connectivity index (χ0n) is 11.7. The van der Waals surface area contributed by atoms with Crippen LogP contribution < -0.4 is 0 Å². The van der Waals surface area contributed by atoms with Gasteiger partial charge in [-0.25, -0.2) is 0 Å². The quantitative estimate of drug-likeness (QED) is 0.817. The van der Waals surface area contributed by atoms with Crippen LogP contribution in [0.3, 0.4) is 0 Å². The van der Waals surface area contributed by atoms with E-state index in [0.717, 1.165) is 38.8 Å². The molecule has 0 aromatic heterocycles. The van der Waals surface area contributed by atoms with Crippen LogP contribution in [0.4, 0.5) is 0 Å². The highest BCUT2D eigenvalue weighted by Gasteiger charge is 2.36. The summed E-state index contributed by atoms with van der Waals surface area (Å²) >= 11 is 0. The van der Waals surface area contributed by atoms with Crippen LogP contribution in [0.5, 0.6) is 0 Å². The maximum Gasteiger partial charge on any atom is 0.320 e. The van der Waals surface area contributed by atoms with Gasteiger partial charge in [0.25, 0.3) is 0 Å². The maximum absolute atomic E-state index is 12.3. The van der Waals surface area contributed by atoms with E-state index in [1.54, 1.807) is 6.92 Å². The van der Waals surface area contributed by atoms with Gasteiger partial charge in [0.05, 0.1) is 6.54 Å². The molecule has 19 heavy (non-hydrogen) atoms. The Morgan fingerprint density at radius 2 is 1.79 bits per heavy atom. The first-order valence-corrected chi connectivity index (χ1v) is 7.36. The van der Waals surface area contributed by atoms with E-state index in [1.165, 1.54) is 12.8 Å². The average Bonchev–Trinajstić information content (AvgIpc) is 3.20. The first-order chi connectivity index (χ1) is 9.09. The largest absolute Gasteiger partial charge is 0.480 e. The second-order valence-corrected chi connectivity index (χ2v) is 5.71. The average molecular weight is 268 g/mol. The van der Waals surface area contributed by atoms with Crippen LogP contribution in [0.25, 0.3) is 0 Å². The molecule has 2 rings (SSSR count). The highest BCUT2D eigenvalue weighted by Crippen LogP contribution is 2.28. The van der Waals surface area contributed by atoms with Crippen LogP contribution in [-0.4, -0.2) is 58.5 Å². The molecule has 5 nitrogen and oxygen atoms in total. The summed E-state index contributed by atoms with van der Waals surface area (Å²) in [6.45, 7) is 3.60. The molecule has 0 spiro atoms. The second kappa shape index (κ2) is 6.37. The molecule has 5 heteroatoms. The minimum atomic E-state index is -0.837. The zero-order valence-corrected chi connectivity index (χ0v) is 11.7. The number of hydrogen-bond acceptors (Lipinski definition) is 3. The number of likely N-dealkylation sites (tertiary alicyclic amines) is 1. The van der Waals surface area contributed by atoms with Gasteiger partial charge in [-0.1, -0.05) is 12.8 Å². The fourth-order valence-corrected chi connectivity index (χ4v) is 2.71. The molecule has 1 aliphatic heterocycles. The lowest BCUT2D eigenvalue weighted by atomic mass is 10.2. The van der Waals surface area contributed by atoms with Gasteiger partial charge in [-0.05, 0) is 32.6 Å². The fourth-order valence-electron chi connectivity index (χ4n) is 2.71.